The van der Waals surface area contributed by atoms with Gasteiger partial charge in [0.05, 0.1) is 7.11 Å². The van der Waals surface area contributed by atoms with Gasteiger partial charge >= 0.3 is 5.97 Å². The third-order valence-electron chi connectivity index (χ3n) is 3.02. The summed E-state index contributed by atoms with van der Waals surface area (Å²) in [6.07, 6.45) is 0.345. The summed E-state index contributed by atoms with van der Waals surface area (Å²) < 4.78 is 10.1. The zero-order valence-corrected chi connectivity index (χ0v) is 11.2. The van der Waals surface area contributed by atoms with Gasteiger partial charge in [-0.3, -0.25) is 0 Å². The van der Waals surface area contributed by atoms with Crippen LogP contribution in [0.3, 0.4) is 0 Å². The average molecular weight is 251 g/mol. The first-order chi connectivity index (χ1) is 8.62. The van der Waals surface area contributed by atoms with E-state index in [1.807, 2.05) is 24.3 Å². The number of hydrogen-bond donors (Lipinski definition) is 1. The maximum atomic E-state index is 11.3. The lowest BCUT2D eigenvalue weighted by atomic mass is 9.99. The highest BCUT2D eigenvalue weighted by atomic mass is 16.6. The van der Waals surface area contributed by atoms with Gasteiger partial charge < -0.3 is 15.2 Å². The van der Waals surface area contributed by atoms with Crippen LogP contribution in [0.4, 0.5) is 0 Å². The molecule has 2 atom stereocenters. The van der Waals surface area contributed by atoms with E-state index in [9.17, 15) is 4.79 Å². The third-order valence-corrected chi connectivity index (χ3v) is 3.02. The SMILES string of the molecule is CCC(C)c1ccc(OC(CN)C(=O)OC)cc1. The Labute approximate surface area is 108 Å². The lowest BCUT2D eigenvalue weighted by Gasteiger charge is -2.16. The van der Waals surface area contributed by atoms with Crippen LogP contribution in [0.1, 0.15) is 31.7 Å². The molecule has 100 valence electrons. The summed E-state index contributed by atoms with van der Waals surface area (Å²) in [4.78, 5) is 11.3. The highest BCUT2D eigenvalue weighted by molar-refractivity contribution is 5.75. The molecular formula is C14H21NO3. The van der Waals surface area contributed by atoms with Crippen LogP contribution in [0.15, 0.2) is 24.3 Å². The van der Waals surface area contributed by atoms with Crippen LogP contribution < -0.4 is 10.5 Å². The lowest BCUT2D eigenvalue weighted by molar-refractivity contribution is -0.148. The maximum absolute atomic E-state index is 11.3. The summed E-state index contributed by atoms with van der Waals surface area (Å²) in [7, 11) is 1.32. The van der Waals surface area contributed by atoms with E-state index >= 15 is 0 Å². The molecule has 4 nitrogen and oxygen atoms in total. The average Bonchev–Trinajstić information content (AvgIpc) is 2.43. The van der Waals surface area contributed by atoms with E-state index < -0.39 is 12.1 Å². The van der Waals surface area contributed by atoms with Gasteiger partial charge in [-0.15, -0.1) is 0 Å². The standard InChI is InChI=1S/C14H21NO3/c1-4-10(2)11-5-7-12(8-6-11)18-13(9-15)14(16)17-3/h5-8,10,13H,4,9,15H2,1-3H3. The molecule has 0 aromatic heterocycles. The van der Waals surface area contributed by atoms with Gasteiger partial charge in [0.25, 0.3) is 0 Å². The molecule has 2 N–H and O–H groups in total. The molecule has 1 aromatic rings. The molecule has 0 amide bonds. The highest BCUT2D eigenvalue weighted by Crippen LogP contribution is 2.22. The van der Waals surface area contributed by atoms with Crippen molar-refractivity contribution in [3.63, 3.8) is 0 Å². The van der Waals surface area contributed by atoms with Crippen molar-refractivity contribution in [2.75, 3.05) is 13.7 Å². The molecule has 0 saturated carbocycles. The van der Waals surface area contributed by atoms with Crippen LogP contribution in [-0.4, -0.2) is 25.7 Å². The molecule has 18 heavy (non-hydrogen) atoms. The molecule has 0 heterocycles. The summed E-state index contributed by atoms with van der Waals surface area (Å²) in [6, 6.07) is 7.73. The van der Waals surface area contributed by atoms with Crippen LogP contribution in [0.2, 0.25) is 0 Å². The van der Waals surface area contributed by atoms with Gasteiger partial charge in [0, 0.05) is 6.54 Å². The fourth-order valence-electron chi connectivity index (χ4n) is 1.60. The minimum absolute atomic E-state index is 0.0970. The number of rotatable bonds is 6. The Morgan fingerprint density at radius 1 is 1.33 bits per heavy atom. The fourth-order valence-corrected chi connectivity index (χ4v) is 1.60. The zero-order chi connectivity index (χ0) is 13.5. The summed E-state index contributed by atoms with van der Waals surface area (Å²) in [6.45, 7) is 4.42. The number of benzene rings is 1. The summed E-state index contributed by atoms with van der Waals surface area (Å²) in [5.41, 5.74) is 6.73. The summed E-state index contributed by atoms with van der Waals surface area (Å²) in [5, 5.41) is 0. The molecule has 0 bridgehead atoms. The maximum Gasteiger partial charge on any atom is 0.348 e. The van der Waals surface area contributed by atoms with Gasteiger partial charge in [-0.05, 0) is 30.0 Å². The summed E-state index contributed by atoms with van der Waals surface area (Å²) in [5.74, 6) is 0.691. The fraction of sp³-hybridized carbons (Fsp3) is 0.500. The minimum Gasteiger partial charge on any atom is -0.477 e. The highest BCUT2D eigenvalue weighted by Gasteiger charge is 2.19. The number of ether oxygens (including phenoxy) is 2. The Balaban J connectivity index is 2.70. The smallest absolute Gasteiger partial charge is 0.348 e. The molecule has 1 rings (SSSR count). The second-order valence-electron chi connectivity index (χ2n) is 4.24. The van der Waals surface area contributed by atoms with E-state index in [0.29, 0.717) is 11.7 Å². The first kappa shape index (κ1) is 14.5. The van der Waals surface area contributed by atoms with E-state index in [0.717, 1.165) is 6.42 Å². The quantitative estimate of drug-likeness (QED) is 0.786. The number of hydrogen-bond acceptors (Lipinski definition) is 4. The van der Waals surface area contributed by atoms with Crippen molar-refractivity contribution < 1.29 is 14.3 Å². The Hall–Kier alpha value is -1.55. The molecule has 0 radical (unpaired) electrons. The van der Waals surface area contributed by atoms with E-state index in [2.05, 4.69) is 18.6 Å². The Morgan fingerprint density at radius 3 is 2.39 bits per heavy atom. The van der Waals surface area contributed by atoms with Crippen LogP contribution >= 0.6 is 0 Å². The first-order valence-electron chi connectivity index (χ1n) is 6.16. The number of carbonyl (C=O) groups is 1. The number of carbonyl (C=O) groups excluding carboxylic acids is 1. The molecule has 4 heteroatoms. The molecule has 0 aliphatic rings. The van der Waals surface area contributed by atoms with Crippen molar-refractivity contribution in [3.8, 4) is 5.75 Å². The van der Waals surface area contributed by atoms with Gasteiger partial charge in [-0.1, -0.05) is 26.0 Å². The van der Waals surface area contributed by atoms with Gasteiger partial charge in [-0.2, -0.15) is 0 Å². The van der Waals surface area contributed by atoms with Crippen molar-refractivity contribution in [2.24, 2.45) is 5.73 Å². The van der Waals surface area contributed by atoms with E-state index in [1.54, 1.807) is 0 Å². The number of esters is 1. The van der Waals surface area contributed by atoms with Gasteiger partial charge in [0.15, 0.2) is 0 Å². The van der Waals surface area contributed by atoms with Crippen molar-refractivity contribution in [3.05, 3.63) is 29.8 Å². The normalized spacial score (nSPS) is 13.8. The van der Waals surface area contributed by atoms with Gasteiger partial charge in [0.2, 0.25) is 6.10 Å². The largest absolute Gasteiger partial charge is 0.477 e. The molecular weight excluding hydrogens is 230 g/mol. The van der Waals surface area contributed by atoms with E-state index in [4.69, 9.17) is 10.5 Å². The second kappa shape index (κ2) is 7.01. The molecule has 2 unspecified atom stereocenters. The Bertz CT molecular complexity index is 375. The first-order valence-corrected chi connectivity index (χ1v) is 6.16. The van der Waals surface area contributed by atoms with Crippen molar-refractivity contribution in [1.29, 1.82) is 0 Å². The van der Waals surface area contributed by atoms with E-state index in [-0.39, 0.29) is 6.54 Å². The predicted molar refractivity (Wildman–Crippen MR) is 70.6 cm³/mol. The monoisotopic (exact) mass is 251 g/mol. The van der Waals surface area contributed by atoms with Crippen LogP contribution in [0.25, 0.3) is 0 Å². The van der Waals surface area contributed by atoms with Gasteiger partial charge in [0.1, 0.15) is 5.75 Å². The second-order valence-corrected chi connectivity index (χ2v) is 4.24. The lowest BCUT2D eigenvalue weighted by Crippen LogP contribution is -2.35. The summed E-state index contributed by atoms with van der Waals surface area (Å²) >= 11 is 0. The predicted octanol–water partition coefficient (Wildman–Crippen LogP) is 2.08. The van der Waals surface area contributed by atoms with Crippen LogP contribution in [-0.2, 0) is 9.53 Å². The number of methoxy groups -OCH3 is 1. The van der Waals surface area contributed by atoms with Crippen molar-refractivity contribution >= 4 is 5.97 Å². The molecule has 0 aliphatic heterocycles. The topological polar surface area (TPSA) is 61.5 Å². The molecule has 0 saturated heterocycles. The molecule has 0 spiro atoms. The zero-order valence-electron chi connectivity index (χ0n) is 11.2. The van der Waals surface area contributed by atoms with Crippen LogP contribution in [0.5, 0.6) is 5.75 Å². The van der Waals surface area contributed by atoms with Gasteiger partial charge in [-0.25, -0.2) is 4.79 Å². The van der Waals surface area contributed by atoms with Crippen LogP contribution in [0, 0.1) is 0 Å². The minimum atomic E-state index is -0.746. The van der Waals surface area contributed by atoms with Crippen molar-refractivity contribution in [1.82, 2.24) is 0 Å². The van der Waals surface area contributed by atoms with Crippen molar-refractivity contribution in [2.45, 2.75) is 32.3 Å². The number of nitrogens with two attached hydrogens (primary N) is 1. The molecule has 1 aromatic carbocycles. The third kappa shape index (κ3) is 3.74. The Kier molecular flexibility index (Phi) is 5.65. The molecule has 0 aliphatic carbocycles. The molecule has 0 fully saturated rings. The Morgan fingerprint density at radius 2 is 1.94 bits per heavy atom. The van der Waals surface area contributed by atoms with E-state index in [1.165, 1.54) is 12.7 Å².